The van der Waals surface area contributed by atoms with Crippen LogP contribution in [0.25, 0.3) is 0 Å². The highest BCUT2D eigenvalue weighted by molar-refractivity contribution is 7.93. The van der Waals surface area contributed by atoms with Gasteiger partial charge in [-0.25, -0.2) is 18.1 Å². The van der Waals surface area contributed by atoms with Gasteiger partial charge < -0.3 is 5.73 Å². The van der Waals surface area contributed by atoms with Gasteiger partial charge in [0.15, 0.2) is 0 Å². The van der Waals surface area contributed by atoms with Crippen molar-refractivity contribution < 1.29 is 8.42 Å². The summed E-state index contributed by atoms with van der Waals surface area (Å²) in [5.74, 6) is -0.0401. The van der Waals surface area contributed by atoms with Gasteiger partial charge in [0, 0.05) is 11.4 Å². The van der Waals surface area contributed by atoms with Crippen LogP contribution < -0.4 is 10.5 Å². The Balaban J connectivity index is 2.40. The molecule has 0 aliphatic carbocycles. The second-order valence-electron chi connectivity index (χ2n) is 4.29. The zero-order valence-corrected chi connectivity index (χ0v) is 13.0. The summed E-state index contributed by atoms with van der Waals surface area (Å²) in [5.41, 5.74) is 7.50. The molecule has 0 amide bonds. The van der Waals surface area contributed by atoms with E-state index in [-0.39, 0.29) is 17.4 Å². The fourth-order valence-corrected chi connectivity index (χ4v) is 4.30. The molecule has 0 aliphatic heterocycles. The highest BCUT2D eigenvalue weighted by atomic mass is 32.2. The molecule has 0 radical (unpaired) electrons. The van der Waals surface area contributed by atoms with E-state index < -0.39 is 10.0 Å². The minimum Gasteiger partial charge on any atom is -0.326 e. The molecule has 2 aromatic rings. The second-order valence-corrected chi connectivity index (χ2v) is 6.87. The molecule has 2 aromatic heterocycles. The average Bonchev–Trinajstić information content (AvgIpc) is 2.75. The highest BCUT2D eigenvalue weighted by Gasteiger charge is 2.23. The SMILES string of the molecule is Cc1csc(CN)c1S(=O)(=O)Nc1nnc(C)c(C)n1. The number of aryl methyl sites for hydroxylation is 3. The molecule has 0 saturated heterocycles. The van der Waals surface area contributed by atoms with E-state index in [1.165, 1.54) is 11.3 Å². The summed E-state index contributed by atoms with van der Waals surface area (Å²) in [7, 11) is -3.76. The molecule has 108 valence electrons. The van der Waals surface area contributed by atoms with Gasteiger partial charge in [0.05, 0.1) is 11.4 Å². The number of hydrogen-bond donors (Lipinski definition) is 2. The molecule has 0 aromatic carbocycles. The lowest BCUT2D eigenvalue weighted by molar-refractivity contribution is 0.599. The molecule has 0 unspecified atom stereocenters. The molecule has 0 spiro atoms. The van der Waals surface area contributed by atoms with Gasteiger partial charge in [0.2, 0.25) is 0 Å². The first-order valence-electron chi connectivity index (χ1n) is 5.83. The van der Waals surface area contributed by atoms with Crippen LogP contribution in [-0.2, 0) is 16.6 Å². The van der Waals surface area contributed by atoms with E-state index in [4.69, 9.17) is 5.73 Å². The van der Waals surface area contributed by atoms with E-state index in [0.29, 0.717) is 21.8 Å². The summed E-state index contributed by atoms with van der Waals surface area (Å²) in [6.45, 7) is 5.39. The van der Waals surface area contributed by atoms with E-state index in [0.717, 1.165) is 0 Å². The molecule has 2 rings (SSSR count). The Morgan fingerprint density at radius 3 is 2.55 bits per heavy atom. The molecule has 20 heavy (non-hydrogen) atoms. The minimum atomic E-state index is -3.76. The van der Waals surface area contributed by atoms with Gasteiger partial charge in [-0.1, -0.05) is 0 Å². The molecule has 0 fully saturated rings. The smallest absolute Gasteiger partial charge is 0.265 e. The lowest BCUT2D eigenvalue weighted by Crippen LogP contribution is -2.18. The van der Waals surface area contributed by atoms with Crippen molar-refractivity contribution in [3.63, 3.8) is 0 Å². The fraction of sp³-hybridized carbons (Fsp3) is 0.364. The Morgan fingerprint density at radius 1 is 1.25 bits per heavy atom. The third kappa shape index (κ3) is 2.79. The van der Waals surface area contributed by atoms with Crippen LogP contribution in [-0.4, -0.2) is 23.6 Å². The highest BCUT2D eigenvalue weighted by Crippen LogP contribution is 2.27. The van der Waals surface area contributed by atoms with Gasteiger partial charge in [-0.05, 0) is 31.7 Å². The molecule has 9 heteroatoms. The molecule has 0 saturated carbocycles. The predicted molar refractivity (Wildman–Crippen MR) is 77.1 cm³/mol. The number of nitrogens with one attached hydrogen (secondary N) is 1. The van der Waals surface area contributed by atoms with Crippen molar-refractivity contribution in [2.45, 2.75) is 32.2 Å². The summed E-state index contributed by atoms with van der Waals surface area (Å²) in [6, 6.07) is 0. The summed E-state index contributed by atoms with van der Waals surface area (Å²) < 4.78 is 27.1. The maximum Gasteiger partial charge on any atom is 0.265 e. The Morgan fingerprint density at radius 2 is 1.95 bits per heavy atom. The van der Waals surface area contributed by atoms with Gasteiger partial charge in [0.25, 0.3) is 16.0 Å². The monoisotopic (exact) mass is 313 g/mol. The quantitative estimate of drug-likeness (QED) is 0.875. The second kappa shape index (κ2) is 5.43. The van der Waals surface area contributed by atoms with Crippen molar-refractivity contribution in [3.8, 4) is 0 Å². The van der Waals surface area contributed by atoms with Gasteiger partial charge in [-0.2, -0.15) is 5.10 Å². The van der Waals surface area contributed by atoms with Gasteiger partial charge in [0.1, 0.15) is 4.90 Å². The molecule has 7 nitrogen and oxygen atoms in total. The van der Waals surface area contributed by atoms with Crippen molar-refractivity contribution in [1.82, 2.24) is 15.2 Å². The first-order chi connectivity index (χ1) is 9.35. The Bertz CT molecular complexity index is 739. The van der Waals surface area contributed by atoms with Crippen molar-refractivity contribution in [2.75, 3.05) is 4.72 Å². The van der Waals surface area contributed by atoms with Gasteiger partial charge in [-0.15, -0.1) is 16.4 Å². The summed E-state index contributed by atoms with van der Waals surface area (Å²) in [4.78, 5) is 4.87. The van der Waals surface area contributed by atoms with E-state index in [1.54, 1.807) is 26.2 Å². The standard InChI is InChI=1S/C11H15N5O2S2/c1-6-5-19-9(4-12)10(6)20(17,18)16-11-13-7(2)8(3)14-15-11/h5H,4,12H2,1-3H3,(H,13,15,16). The number of nitrogens with zero attached hydrogens (tertiary/aromatic N) is 3. The molecule has 3 N–H and O–H groups in total. The normalized spacial score (nSPS) is 11.6. The number of rotatable bonds is 4. The Hall–Kier alpha value is -1.58. The van der Waals surface area contributed by atoms with E-state index >= 15 is 0 Å². The third-order valence-corrected chi connectivity index (χ3v) is 5.57. The number of hydrogen-bond acceptors (Lipinski definition) is 7. The zero-order valence-electron chi connectivity index (χ0n) is 11.3. The summed E-state index contributed by atoms with van der Waals surface area (Å²) in [5, 5.41) is 9.35. The van der Waals surface area contributed by atoms with Crippen LogP contribution in [0.3, 0.4) is 0 Å². The molecule has 0 aliphatic rings. The molecular formula is C11H15N5O2S2. The van der Waals surface area contributed by atoms with Crippen LogP contribution >= 0.6 is 11.3 Å². The number of nitrogens with two attached hydrogens (primary N) is 1. The molecular weight excluding hydrogens is 298 g/mol. The van der Waals surface area contributed by atoms with E-state index in [1.807, 2.05) is 0 Å². The van der Waals surface area contributed by atoms with Crippen LogP contribution in [0, 0.1) is 20.8 Å². The van der Waals surface area contributed by atoms with E-state index in [2.05, 4.69) is 19.9 Å². The average molecular weight is 313 g/mol. The maximum atomic E-state index is 12.4. The van der Waals surface area contributed by atoms with Crippen LogP contribution in [0.2, 0.25) is 0 Å². The first kappa shape index (κ1) is 14.8. The predicted octanol–water partition coefficient (Wildman–Crippen LogP) is 1.12. The topological polar surface area (TPSA) is 111 Å². The van der Waals surface area contributed by atoms with Crippen LogP contribution in [0.1, 0.15) is 21.8 Å². The summed E-state index contributed by atoms with van der Waals surface area (Å²) >= 11 is 1.32. The Kier molecular flexibility index (Phi) is 4.02. The third-order valence-electron chi connectivity index (χ3n) is 2.76. The number of anilines is 1. The number of aromatic nitrogens is 3. The fourth-order valence-electron chi connectivity index (χ4n) is 1.66. The first-order valence-corrected chi connectivity index (χ1v) is 8.19. The van der Waals surface area contributed by atoms with Crippen molar-refractivity contribution >= 4 is 27.3 Å². The van der Waals surface area contributed by atoms with E-state index in [9.17, 15) is 8.42 Å². The van der Waals surface area contributed by atoms with Crippen molar-refractivity contribution in [2.24, 2.45) is 5.73 Å². The molecule has 0 bridgehead atoms. The molecule has 0 atom stereocenters. The largest absolute Gasteiger partial charge is 0.326 e. The lowest BCUT2D eigenvalue weighted by Gasteiger charge is -2.08. The zero-order chi connectivity index (χ0) is 14.9. The van der Waals surface area contributed by atoms with Crippen LogP contribution in [0.15, 0.2) is 10.3 Å². The Labute approximate surface area is 121 Å². The maximum absolute atomic E-state index is 12.4. The number of sulfonamides is 1. The lowest BCUT2D eigenvalue weighted by atomic mass is 10.3. The molecule has 2 heterocycles. The van der Waals surface area contributed by atoms with Crippen LogP contribution in [0.5, 0.6) is 0 Å². The minimum absolute atomic E-state index is 0.0401. The van der Waals surface area contributed by atoms with Gasteiger partial charge >= 0.3 is 0 Å². The van der Waals surface area contributed by atoms with Crippen molar-refractivity contribution in [3.05, 3.63) is 27.2 Å². The van der Waals surface area contributed by atoms with Gasteiger partial charge in [-0.3, -0.25) is 0 Å². The summed E-state index contributed by atoms with van der Waals surface area (Å²) in [6.07, 6.45) is 0. The van der Waals surface area contributed by atoms with Crippen LogP contribution in [0.4, 0.5) is 5.95 Å². The number of thiophene rings is 1. The van der Waals surface area contributed by atoms with Crippen molar-refractivity contribution in [1.29, 1.82) is 0 Å².